The monoisotopic (exact) mass is 278 g/mol. The zero-order chi connectivity index (χ0) is 14.4. The van der Waals surface area contributed by atoms with E-state index in [0.717, 1.165) is 50.2 Å². The van der Waals surface area contributed by atoms with Gasteiger partial charge in [-0.25, -0.2) is 9.97 Å². The third-order valence-electron chi connectivity index (χ3n) is 3.44. The molecule has 0 aromatic carbocycles. The van der Waals surface area contributed by atoms with Crippen molar-refractivity contribution in [1.29, 1.82) is 0 Å². The standard InChI is InChI=1S/C15H26N4O/c1-4-16-13-8-14(19-15(18-13)11(2)3)17-9-12-6-5-7-20-10-12/h8,11-12H,4-7,9-10H2,1-3H3,(H2,16,17,18,19). The average Bonchev–Trinajstić information content (AvgIpc) is 2.46. The molecule has 2 N–H and O–H groups in total. The van der Waals surface area contributed by atoms with Crippen molar-refractivity contribution in [2.24, 2.45) is 5.92 Å². The van der Waals surface area contributed by atoms with Gasteiger partial charge in [-0.3, -0.25) is 0 Å². The van der Waals surface area contributed by atoms with Crippen molar-refractivity contribution in [1.82, 2.24) is 9.97 Å². The Kier molecular flexibility index (Phi) is 5.59. The maximum Gasteiger partial charge on any atom is 0.135 e. The summed E-state index contributed by atoms with van der Waals surface area (Å²) in [7, 11) is 0. The van der Waals surface area contributed by atoms with Gasteiger partial charge in [0.15, 0.2) is 0 Å². The molecule has 0 aliphatic carbocycles. The van der Waals surface area contributed by atoms with Gasteiger partial charge in [0.25, 0.3) is 0 Å². The number of aromatic nitrogens is 2. The van der Waals surface area contributed by atoms with Crippen LogP contribution in [0.4, 0.5) is 11.6 Å². The fourth-order valence-corrected chi connectivity index (χ4v) is 2.30. The summed E-state index contributed by atoms with van der Waals surface area (Å²) in [6, 6.07) is 1.99. The van der Waals surface area contributed by atoms with Gasteiger partial charge in [-0.05, 0) is 25.7 Å². The van der Waals surface area contributed by atoms with Crippen LogP contribution in [-0.4, -0.2) is 36.3 Å². The van der Waals surface area contributed by atoms with Crippen LogP contribution >= 0.6 is 0 Å². The lowest BCUT2D eigenvalue weighted by Gasteiger charge is -2.22. The number of nitrogens with zero attached hydrogens (tertiary/aromatic N) is 2. The molecule has 2 rings (SSSR count). The molecule has 1 unspecified atom stereocenters. The van der Waals surface area contributed by atoms with E-state index < -0.39 is 0 Å². The highest BCUT2D eigenvalue weighted by Gasteiger charge is 2.14. The largest absolute Gasteiger partial charge is 0.381 e. The van der Waals surface area contributed by atoms with Gasteiger partial charge in [-0.2, -0.15) is 0 Å². The molecule has 1 saturated heterocycles. The van der Waals surface area contributed by atoms with E-state index in [0.29, 0.717) is 11.8 Å². The highest BCUT2D eigenvalue weighted by atomic mass is 16.5. The van der Waals surface area contributed by atoms with E-state index in [2.05, 4.69) is 41.4 Å². The van der Waals surface area contributed by atoms with Gasteiger partial charge in [-0.15, -0.1) is 0 Å². The molecule has 1 aliphatic heterocycles. The average molecular weight is 278 g/mol. The van der Waals surface area contributed by atoms with E-state index in [1.54, 1.807) is 0 Å². The lowest BCUT2D eigenvalue weighted by atomic mass is 10.0. The Hall–Kier alpha value is -1.36. The van der Waals surface area contributed by atoms with Crippen molar-refractivity contribution in [3.05, 3.63) is 11.9 Å². The molecule has 0 amide bonds. The van der Waals surface area contributed by atoms with Gasteiger partial charge in [0.05, 0.1) is 6.61 Å². The molecule has 0 radical (unpaired) electrons. The molecular formula is C15H26N4O. The van der Waals surface area contributed by atoms with Crippen molar-refractivity contribution >= 4 is 11.6 Å². The van der Waals surface area contributed by atoms with E-state index in [9.17, 15) is 0 Å². The first kappa shape index (κ1) is 15.0. The Morgan fingerprint density at radius 3 is 2.65 bits per heavy atom. The summed E-state index contributed by atoms with van der Waals surface area (Å²) in [5.41, 5.74) is 0. The van der Waals surface area contributed by atoms with Crippen LogP contribution in [0.5, 0.6) is 0 Å². The van der Waals surface area contributed by atoms with Gasteiger partial charge in [-0.1, -0.05) is 13.8 Å². The fourth-order valence-electron chi connectivity index (χ4n) is 2.30. The van der Waals surface area contributed by atoms with E-state index >= 15 is 0 Å². The second-order valence-electron chi connectivity index (χ2n) is 5.65. The number of rotatable bonds is 6. The molecule has 20 heavy (non-hydrogen) atoms. The highest BCUT2D eigenvalue weighted by Crippen LogP contribution is 2.19. The summed E-state index contributed by atoms with van der Waals surface area (Å²) >= 11 is 0. The van der Waals surface area contributed by atoms with Crippen molar-refractivity contribution < 1.29 is 4.74 Å². The molecule has 1 atom stereocenters. The van der Waals surface area contributed by atoms with Crippen molar-refractivity contribution in [3.8, 4) is 0 Å². The number of nitrogens with one attached hydrogen (secondary N) is 2. The van der Waals surface area contributed by atoms with E-state index in [1.165, 1.54) is 6.42 Å². The minimum Gasteiger partial charge on any atom is -0.381 e. The molecule has 1 aromatic rings. The summed E-state index contributed by atoms with van der Waals surface area (Å²) in [6.45, 7) is 9.85. The first-order valence-electron chi connectivity index (χ1n) is 7.63. The number of anilines is 2. The molecule has 1 aliphatic rings. The van der Waals surface area contributed by atoms with Crippen LogP contribution in [0.3, 0.4) is 0 Å². The van der Waals surface area contributed by atoms with Gasteiger partial charge >= 0.3 is 0 Å². The maximum absolute atomic E-state index is 5.51. The van der Waals surface area contributed by atoms with Crippen LogP contribution in [0.1, 0.15) is 45.4 Å². The van der Waals surface area contributed by atoms with E-state index in [1.807, 2.05) is 6.07 Å². The Morgan fingerprint density at radius 1 is 1.30 bits per heavy atom. The van der Waals surface area contributed by atoms with Gasteiger partial charge < -0.3 is 15.4 Å². The summed E-state index contributed by atoms with van der Waals surface area (Å²) in [5, 5.41) is 6.70. The smallest absolute Gasteiger partial charge is 0.135 e. The van der Waals surface area contributed by atoms with Gasteiger partial charge in [0, 0.05) is 31.7 Å². The molecule has 0 saturated carbocycles. The predicted octanol–water partition coefficient (Wildman–Crippen LogP) is 2.87. The Labute approximate surface area is 121 Å². The summed E-state index contributed by atoms with van der Waals surface area (Å²) in [4.78, 5) is 9.13. The second kappa shape index (κ2) is 7.43. The van der Waals surface area contributed by atoms with E-state index in [4.69, 9.17) is 4.74 Å². The zero-order valence-electron chi connectivity index (χ0n) is 12.8. The molecule has 112 valence electrons. The van der Waals surface area contributed by atoms with Crippen LogP contribution < -0.4 is 10.6 Å². The zero-order valence-corrected chi connectivity index (χ0v) is 12.8. The molecule has 2 heterocycles. The maximum atomic E-state index is 5.51. The minimum absolute atomic E-state index is 0.326. The normalized spacial score (nSPS) is 19.1. The van der Waals surface area contributed by atoms with Crippen molar-refractivity contribution in [2.45, 2.75) is 39.5 Å². The van der Waals surface area contributed by atoms with Crippen molar-refractivity contribution in [2.75, 3.05) is 36.9 Å². The van der Waals surface area contributed by atoms with E-state index in [-0.39, 0.29) is 0 Å². The highest BCUT2D eigenvalue weighted by molar-refractivity contribution is 5.47. The molecule has 5 nitrogen and oxygen atoms in total. The van der Waals surface area contributed by atoms with Crippen molar-refractivity contribution in [3.63, 3.8) is 0 Å². The third-order valence-corrected chi connectivity index (χ3v) is 3.44. The summed E-state index contributed by atoms with van der Waals surface area (Å²) in [5.74, 6) is 3.60. The van der Waals surface area contributed by atoms with Crippen LogP contribution in [-0.2, 0) is 4.74 Å². The molecule has 5 heteroatoms. The molecule has 0 spiro atoms. The number of hydrogen-bond donors (Lipinski definition) is 2. The van der Waals surface area contributed by atoms with Crippen LogP contribution in [0.2, 0.25) is 0 Å². The Bertz CT molecular complexity index is 416. The topological polar surface area (TPSA) is 59.1 Å². The first-order chi connectivity index (χ1) is 9.69. The second-order valence-corrected chi connectivity index (χ2v) is 5.65. The predicted molar refractivity (Wildman–Crippen MR) is 82.3 cm³/mol. The minimum atomic E-state index is 0.326. The SMILES string of the molecule is CCNc1cc(NCC2CCCOC2)nc(C(C)C)n1. The van der Waals surface area contributed by atoms with Gasteiger partial charge in [0.1, 0.15) is 17.5 Å². The summed E-state index contributed by atoms with van der Waals surface area (Å²) in [6.07, 6.45) is 2.39. The van der Waals surface area contributed by atoms with Crippen LogP contribution in [0.15, 0.2) is 6.07 Å². The summed E-state index contributed by atoms with van der Waals surface area (Å²) < 4.78 is 5.51. The number of ether oxygens (including phenoxy) is 1. The lowest BCUT2D eigenvalue weighted by molar-refractivity contribution is 0.0595. The fraction of sp³-hybridized carbons (Fsp3) is 0.733. The molecule has 1 fully saturated rings. The van der Waals surface area contributed by atoms with Crippen LogP contribution in [0.25, 0.3) is 0 Å². The van der Waals surface area contributed by atoms with Crippen LogP contribution in [0, 0.1) is 5.92 Å². The quantitative estimate of drug-likeness (QED) is 0.838. The lowest BCUT2D eigenvalue weighted by Crippen LogP contribution is -2.24. The molecular weight excluding hydrogens is 252 g/mol. The first-order valence-corrected chi connectivity index (χ1v) is 7.63. The van der Waals surface area contributed by atoms with Gasteiger partial charge in [0.2, 0.25) is 0 Å². The molecule has 1 aromatic heterocycles. The third kappa shape index (κ3) is 4.34. The number of hydrogen-bond acceptors (Lipinski definition) is 5. The Morgan fingerprint density at radius 2 is 2.05 bits per heavy atom. The molecule has 0 bridgehead atoms. The Balaban J connectivity index is 2.01.